The van der Waals surface area contributed by atoms with E-state index in [2.05, 4.69) is 11.6 Å². The zero-order chi connectivity index (χ0) is 10.3. The molecule has 13 heavy (non-hydrogen) atoms. The van der Waals surface area contributed by atoms with Crippen molar-refractivity contribution in [2.75, 3.05) is 7.11 Å². The van der Waals surface area contributed by atoms with E-state index in [-0.39, 0.29) is 16.4 Å². The number of rotatable bonds is 5. The highest BCUT2D eigenvalue weighted by atomic mass is 32.2. The van der Waals surface area contributed by atoms with Crippen LogP contribution in [0.2, 0.25) is 0 Å². The molecule has 5 N–H and O–H groups in total. The quantitative estimate of drug-likeness (QED) is 0.343. The van der Waals surface area contributed by atoms with Gasteiger partial charge >= 0.3 is 0 Å². The first kappa shape index (κ1) is 12.0. The maximum Gasteiger partial charge on any atom is 0.153 e. The maximum atomic E-state index is 7.02. The fraction of sp³-hybridized carbons (Fsp3) is 0.429. The number of nitrogens with one attached hydrogen (secondary N) is 1. The summed E-state index contributed by atoms with van der Waals surface area (Å²) in [6.07, 6.45) is 2.13. The predicted octanol–water partition coefficient (Wildman–Crippen LogP) is 0.476. The Morgan fingerprint density at radius 1 is 1.77 bits per heavy atom. The first-order valence-electron chi connectivity index (χ1n) is 3.56. The average molecular weight is 202 g/mol. The molecule has 0 heterocycles. The third kappa shape index (κ3) is 7.35. The largest absolute Gasteiger partial charge is 0.384 e. The van der Waals surface area contributed by atoms with E-state index in [4.69, 9.17) is 21.6 Å². The number of hydrogen-bond donors (Lipinski definition) is 3. The van der Waals surface area contributed by atoms with Crippen LogP contribution in [0, 0.1) is 5.41 Å². The van der Waals surface area contributed by atoms with Crippen molar-refractivity contribution < 1.29 is 4.74 Å². The normalized spacial score (nSPS) is 13.0. The summed E-state index contributed by atoms with van der Waals surface area (Å²) in [7, 11) is 1.55. The van der Waals surface area contributed by atoms with Gasteiger partial charge in [-0.2, -0.15) is 0 Å². The van der Waals surface area contributed by atoms with Crippen LogP contribution in [0.25, 0.3) is 0 Å². The van der Waals surface area contributed by atoms with E-state index in [9.17, 15) is 0 Å². The number of methoxy groups -OCH3 is 1. The van der Waals surface area contributed by atoms with Crippen LogP contribution in [0.3, 0.4) is 0 Å². The summed E-state index contributed by atoms with van der Waals surface area (Å²) in [5.41, 5.74) is 10.2. The summed E-state index contributed by atoms with van der Waals surface area (Å²) in [5.74, 6) is 0.252. The van der Waals surface area contributed by atoms with E-state index < -0.39 is 0 Å². The summed E-state index contributed by atoms with van der Waals surface area (Å²) in [5, 5.41) is 7.04. The molecule has 1 unspecified atom stereocenters. The van der Waals surface area contributed by atoms with E-state index in [0.717, 1.165) is 11.8 Å². The molecule has 0 aliphatic heterocycles. The van der Waals surface area contributed by atoms with E-state index in [1.807, 2.05) is 0 Å². The molecule has 5 nitrogen and oxygen atoms in total. The molecule has 74 valence electrons. The Hall–Kier alpha value is -1.01. The first-order chi connectivity index (χ1) is 6.06. The van der Waals surface area contributed by atoms with Gasteiger partial charge in [-0.05, 0) is 0 Å². The van der Waals surface area contributed by atoms with Crippen molar-refractivity contribution in [3.8, 4) is 0 Å². The molecule has 6 heteroatoms. The van der Waals surface area contributed by atoms with Crippen molar-refractivity contribution in [2.45, 2.75) is 11.9 Å². The summed E-state index contributed by atoms with van der Waals surface area (Å²) in [4.78, 5) is 3.77. The molecule has 0 aromatic carbocycles. The Morgan fingerprint density at radius 3 is 2.77 bits per heavy atom. The van der Waals surface area contributed by atoms with Crippen LogP contribution in [-0.2, 0) is 4.74 Å². The molecule has 0 aromatic rings. The van der Waals surface area contributed by atoms with Gasteiger partial charge < -0.3 is 16.2 Å². The lowest BCUT2D eigenvalue weighted by Crippen LogP contribution is -2.14. The zero-order valence-corrected chi connectivity index (χ0v) is 8.30. The van der Waals surface area contributed by atoms with Gasteiger partial charge in [-0.25, -0.2) is 4.99 Å². The summed E-state index contributed by atoms with van der Waals surface area (Å²) >= 11 is 1.13. The Kier molecular flexibility index (Phi) is 5.99. The monoisotopic (exact) mass is 202 g/mol. The number of nitrogens with two attached hydrogens (primary N) is 2. The van der Waals surface area contributed by atoms with Crippen molar-refractivity contribution in [1.29, 1.82) is 5.41 Å². The molecule has 0 bridgehead atoms. The molecule has 0 rings (SSSR count). The minimum absolute atomic E-state index is 0.0202. The van der Waals surface area contributed by atoms with Crippen molar-refractivity contribution >= 4 is 23.1 Å². The van der Waals surface area contributed by atoms with Gasteiger partial charge in [0.25, 0.3) is 0 Å². The Bertz CT molecular complexity index is 217. The fourth-order valence-electron chi connectivity index (χ4n) is 0.590. The second-order valence-corrected chi connectivity index (χ2v) is 3.39. The first-order valence-corrected chi connectivity index (χ1v) is 4.44. The molecule has 1 atom stereocenters. The Morgan fingerprint density at radius 2 is 2.38 bits per heavy atom. The molecule has 0 amide bonds. The van der Waals surface area contributed by atoms with Crippen LogP contribution in [0.15, 0.2) is 17.4 Å². The summed E-state index contributed by atoms with van der Waals surface area (Å²) in [6.45, 7) is 3.40. The van der Waals surface area contributed by atoms with Crippen LogP contribution in [0.1, 0.15) is 6.42 Å². The van der Waals surface area contributed by atoms with E-state index in [1.165, 1.54) is 0 Å². The molecular weight excluding hydrogens is 188 g/mol. The maximum absolute atomic E-state index is 7.02. The zero-order valence-electron chi connectivity index (χ0n) is 7.49. The topological polar surface area (TPSA) is 97.5 Å². The Balaban J connectivity index is 3.84. The molecule has 0 spiro atoms. The van der Waals surface area contributed by atoms with Gasteiger partial charge in [-0.1, -0.05) is 18.3 Å². The SMILES string of the molecule is C=C(N)N=CCC(OC)SC(=N)N. The number of aliphatic imine (C=N–C) groups is 1. The lowest BCUT2D eigenvalue weighted by molar-refractivity contribution is 0.180. The van der Waals surface area contributed by atoms with Crippen LogP contribution >= 0.6 is 11.8 Å². The average Bonchev–Trinajstić information content (AvgIpc) is 2.01. The highest BCUT2D eigenvalue weighted by Crippen LogP contribution is 2.13. The second-order valence-electron chi connectivity index (χ2n) is 2.19. The van der Waals surface area contributed by atoms with E-state index in [1.54, 1.807) is 13.3 Å². The number of nitrogens with zero attached hydrogens (tertiary/aromatic N) is 1. The number of hydrogen-bond acceptors (Lipinski definition) is 5. The van der Waals surface area contributed by atoms with Crippen LogP contribution in [0.5, 0.6) is 0 Å². The van der Waals surface area contributed by atoms with Crippen LogP contribution in [0.4, 0.5) is 0 Å². The van der Waals surface area contributed by atoms with Gasteiger partial charge in [0.05, 0.1) is 0 Å². The molecule has 0 aliphatic rings. The minimum atomic E-state index is -0.194. The number of amidine groups is 1. The second kappa shape index (κ2) is 6.50. The van der Waals surface area contributed by atoms with Crippen LogP contribution < -0.4 is 11.5 Å². The van der Waals surface area contributed by atoms with Crippen molar-refractivity contribution in [3.63, 3.8) is 0 Å². The predicted molar refractivity (Wildman–Crippen MR) is 56.7 cm³/mol. The highest BCUT2D eigenvalue weighted by Gasteiger charge is 2.07. The molecule has 0 saturated carbocycles. The lowest BCUT2D eigenvalue weighted by Gasteiger charge is -2.10. The molecular formula is C7H14N4OS. The molecule has 0 radical (unpaired) electrons. The van der Waals surface area contributed by atoms with Crippen molar-refractivity contribution in [2.24, 2.45) is 16.5 Å². The third-order valence-electron chi connectivity index (χ3n) is 1.08. The van der Waals surface area contributed by atoms with Gasteiger partial charge in [0.2, 0.25) is 0 Å². The van der Waals surface area contributed by atoms with Gasteiger partial charge in [-0.15, -0.1) is 0 Å². The lowest BCUT2D eigenvalue weighted by atomic mass is 10.5. The molecule has 0 saturated heterocycles. The smallest absolute Gasteiger partial charge is 0.153 e. The van der Waals surface area contributed by atoms with Crippen molar-refractivity contribution in [3.05, 3.63) is 12.4 Å². The molecule has 0 aromatic heterocycles. The highest BCUT2D eigenvalue weighted by molar-refractivity contribution is 8.14. The summed E-state index contributed by atoms with van der Waals surface area (Å²) < 4.78 is 5.02. The van der Waals surface area contributed by atoms with Gasteiger partial charge in [-0.3, -0.25) is 5.41 Å². The van der Waals surface area contributed by atoms with Gasteiger partial charge in [0.15, 0.2) is 5.17 Å². The standard InChI is InChI=1S/C7H14N4OS/c1-5(8)11-4-3-6(12-2)13-7(9)10/h4,6H,1,3,8H2,2H3,(H3,9,10). The fourth-order valence-corrected chi connectivity index (χ4v) is 1.15. The van der Waals surface area contributed by atoms with Crippen molar-refractivity contribution in [1.82, 2.24) is 0 Å². The summed E-state index contributed by atoms with van der Waals surface area (Å²) in [6, 6.07) is 0. The Labute approximate surface area is 81.7 Å². The minimum Gasteiger partial charge on any atom is -0.384 e. The van der Waals surface area contributed by atoms with E-state index >= 15 is 0 Å². The van der Waals surface area contributed by atoms with Crippen LogP contribution in [-0.4, -0.2) is 23.9 Å². The number of ether oxygens (including phenoxy) is 1. The van der Waals surface area contributed by atoms with Gasteiger partial charge in [0.1, 0.15) is 11.3 Å². The molecule has 0 fully saturated rings. The van der Waals surface area contributed by atoms with E-state index in [0.29, 0.717) is 6.42 Å². The number of thioether (sulfide) groups is 1. The third-order valence-corrected chi connectivity index (χ3v) is 1.98. The molecule has 0 aliphatic carbocycles. The van der Waals surface area contributed by atoms with Gasteiger partial charge in [0, 0.05) is 19.7 Å².